The van der Waals surface area contributed by atoms with Crippen molar-refractivity contribution in [3.05, 3.63) is 0 Å². The van der Waals surface area contributed by atoms with Crippen molar-refractivity contribution in [2.45, 2.75) is 33.3 Å². The van der Waals surface area contributed by atoms with Crippen molar-refractivity contribution in [2.24, 2.45) is 5.92 Å². The molecule has 0 rings (SSSR count). The van der Waals surface area contributed by atoms with Gasteiger partial charge in [0.05, 0.1) is 12.0 Å². The van der Waals surface area contributed by atoms with Gasteiger partial charge in [-0.15, -0.1) is 0 Å². The van der Waals surface area contributed by atoms with Gasteiger partial charge in [0, 0.05) is 5.97 Å². The highest BCUT2D eigenvalue weighted by Crippen LogP contribution is 2.05. The van der Waals surface area contributed by atoms with Crippen molar-refractivity contribution in [2.75, 3.05) is 0 Å². The van der Waals surface area contributed by atoms with Crippen LogP contribution < -0.4 is 5.11 Å². The Hall–Kier alpha value is -1.06. The number of carbonyl (C=O) groups excluding carboxylic acids is 2. The Bertz CT molecular complexity index is 174. The van der Waals surface area contributed by atoms with E-state index in [0.717, 1.165) is 0 Å². The van der Waals surface area contributed by atoms with Crippen LogP contribution >= 0.6 is 0 Å². The normalized spacial score (nSPS) is 12.7. The Morgan fingerprint density at radius 2 is 1.83 bits per heavy atom. The number of ether oxygens (including phenoxy) is 1. The zero-order valence-corrected chi connectivity index (χ0v) is 7.49. The Balaban J connectivity index is 3.85. The molecule has 0 saturated carbocycles. The molecule has 0 aromatic rings. The molecule has 0 bridgehead atoms. The third-order valence-corrected chi connectivity index (χ3v) is 1.23. The van der Waals surface area contributed by atoms with E-state index in [-0.39, 0.29) is 12.5 Å². The van der Waals surface area contributed by atoms with Crippen LogP contribution in [0.3, 0.4) is 0 Å². The topological polar surface area (TPSA) is 66.4 Å². The summed E-state index contributed by atoms with van der Waals surface area (Å²) in [5.41, 5.74) is 0. The van der Waals surface area contributed by atoms with Crippen molar-refractivity contribution in [1.82, 2.24) is 0 Å². The number of esters is 1. The summed E-state index contributed by atoms with van der Waals surface area (Å²) < 4.78 is 4.78. The molecule has 1 unspecified atom stereocenters. The van der Waals surface area contributed by atoms with Gasteiger partial charge in [0.1, 0.15) is 0 Å². The maximum absolute atomic E-state index is 11.0. The molecule has 0 spiro atoms. The van der Waals surface area contributed by atoms with E-state index in [1.165, 1.54) is 6.92 Å². The standard InChI is InChI=1S/C8H14O4/c1-5(2)12-8(11)6(3)4-7(9)10/h5-6H,4H2,1-3H3,(H,9,10)/p-1. The van der Waals surface area contributed by atoms with Crippen molar-refractivity contribution < 1.29 is 19.4 Å². The fourth-order valence-corrected chi connectivity index (χ4v) is 0.682. The molecule has 0 heterocycles. The largest absolute Gasteiger partial charge is 0.550 e. The highest BCUT2D eigenvalue weighted by molar-refractivity contribution is 5.77. The summed E-state index contributed by atoms with van der Waals surface area (Å²) >= 11 is 0. The van der Waals surface area contributed by atoms with E-state index in [4.69, 9.17) is 4.74 Å². The number of carboxylic acids is 1. The molecular formula is C8H13O4-. The van der Waals surface area contributed by atoms with Gasteiger partial charge in [-0.25, -0.2) is 0 Å². The summed E-state index contributed by atoms with van der Waals surface area (Å²) in [6.07, 6.45) is -0.493. The molecule has 12 heavy (non-hydrogen) atoms. The van der Waals surface area contributed by atoms with Crippen LogP contribution in [0.2, 0.25) is 0 Å². The van der Waals surface area contributed by atoms with Gasteiger partial charge in [-0.3, -0.25) is 4.79 Å². The lowest BCUT2D eigenvalue weighted by Crippen LogP contribution is -2.28. The van der Waals surface area contributed by atoms with Crippen molar-refractivity contribution in [3.63, 3.8) is 0 Å². The highest BCUT2D eigenvalue weighted by Gasteiger charge is 2.15. The van der Waals surface area contributed by atoms with E-state index in [9.17, 15) is 14.7 Å². The number of hydrogen-bond donors (Lipinski definition) is 0. The molecule has 1 atom stereocenters. The molecule has 0 aliphatic carbocycles. The Labute approximate surface area is 71.5 Å². The second-order valence-corrected chi connectivity index (χ2v) is 2.96. The molecule has 0 aromatic heterocycles. The first-order chi connectivity index (χ1) is 5.43. The van der Waals surface area contributed by atoms with Gasteiger partial charge in [0.15, 0.2) is 0 Å². The van der Waals surface area contributed by atoms with Gasteiger partial charge >= 0.3 is 5.97 Å². The third kappa shape index (κ3) is 4.71. The fraction of sp³-hybridized carbons (Fsp3) is 0.750. The zero-order valence-electron chi connectivity index (χ0n) is 7.49. The molecule has 0 amide bonds. The predicted octanol–water partition coefficient (Wildman–Crippen LogP) is -0.286. The molecule has 0 fully saturated rings. The van der Waals surface area contributed by atoms with Crippen molar-refractivity contribution >= 4 is 11.9 Å². The number of carboxylic acid groups (broad SMARTS) is 1. The Kier molecular flexibility index (Phi) is 4.33. The average Bonchev–Trinajstić information content (AvgIpc) is 1.84. The summed E-state index contributed by atoms with van der Waals surface area (Å²) in [5.74, 6) is -2.35. The minimum Gasteiger partial charge on any atom is -0.550 e. The summed E-state index contributed by atoms with van der Waals surface area (Å²) in [4.78, 5) is 21.1. The number of hydrogen-bond acceptors (Lipinski definition) is 4. The minimum absolute atomic E-state index is 0.207. The van der Waals surface area contributed by atoms with Crippen LogP contribution in [0.4, 0.5) is 0 Å². The van der Waals surface area contributed by atoms with Crippen LogP contribution in [0.5, 0.6) is 0 Å². The lowest BCUT2D eigenvalue weighted by atomic mass is 10.1. The number of carbonyl (C=O) groups is 2. The lowest BCUT2D eigenvalue weighted by molar-refractivity contribution is -0.306. The molecule has 0 aromatic carbocycles. The van der Waals surface area contributed by atoms with Gasteiger partial charge < -0.3 is 14.6 Å². The van der Waals surface area contributed by atoms with E-state index in [1.54, 1.807) is 13.8 Å². The Morgan fingerprint density at radius 1 is 1.33 bits per heavy atom. The van der Waals surface area contributed by atoms with Crippen LogP contribution in [0.1, 0.15) is 27.2 Å². The van der Waals surface area contributed by atoms with E-state index >= 15 is 0 Å². The van der Waals surface area contributed by atoms with Crippen LogP contribution in [-0.4, -0.2) is 18.0 Å². The second kappa shape index (κ2) is 4.74. The molecular weight excluding hydrogens is 160 g/mol. The number of rotatable bonds is 4. The fourth-order valence-electron chi connectivity index (χ4n) is 0.682. The molecule has 4 heteroatoms. The molecule has 4 nitrogen and oxygen atoms in total. The minimum atomic E-state index is -1.23. The van der Waals surface area contributed by atoms with E-state index in [0.29, 0.717) is 0 Å². The average molecular weight is 173 g/mol. The van der Waals surface area contributed by atoms with Crippen LogP contribution in [0.25, 0.3) is 0 Å². The summed E-state index contributed by atoms with van der Waals surface area (Å²) in [6, 6.07) is 0. The first-order valence-corrected chi connectivity index (χ1v) is 3.83. The SMILES string of the molecule is CC(C)OC(=O)C(C)CC(=O)[O-]. The monoisotopic (exact) mass is 173 g/mol. The number of aliphatic carboxylic acids is 1. The smallest absolute Gasteiger partial charge is 0.309 e. The first-order valence-electron chi connectivity index (χ1n) is 3.83. The lowest BCUT2D eigenvalue weighted by Gasteiger charge is -2.13. The van der Waals surface area contributed by atoms with Gasteiger partial charge in [-0.05, 0) is 20.3 Å². The van der Waals surface area contributed by atoms with Crippen LogP contribution in [-0.2, 0) is 14.3 Å². The molecule has 0 aliphatic rings. The maximum atomic E-state index is 11.0. The van der Waals surface area contributed by atoms with Gasteiger partial charge in [-0.1, -0.05) is 6.92 Å². The molecule has 0 radical (unpaired) electrons. The summed E-state index contributed by atoms with van der Waals surface area (Å²) in [7, 11) is 0. The van der Waals surface area contributed by atoms with Crippen molar-refractivity contribution in [1.29, 1.82) is 0 Å². The molecule has 0 saturated heterocycles. The van der Waals surface area contributed by atoms with Gasteiger partial charge in [-0.2, -0.15) is 0 Å². The molecule has 70 valence electrons. The van der Waals surface area contributed by atoms with Crippen LogP contribution in [0, 0.1) is 5.92 Å². The summed E-state index contributed by atoms with van der Waals surface area (Å²) in [6.45, 7) is 4.92. The molecule has 0 aliphatic heterocycles. The molecule has 0 N–H and O–H groups in total. The van der Waals surface area contributed by atoms with E-state index in [1.807, 2.05) is 0 Å². The summed E-state index contributed by atoms with van der Waals surface area (Å²) in [5, 5.41) is 10.1. The second-order valence-electron chi connectivity index (χ2n) is 2.96. The maximum Gasteiger partial charge on any atom is 0.309 e. The van der Waals surface area contributed by atoms with E-state index in [2.05, 4.69) is 0 Å². The van der Waals surface area contributed by atoms with Crippen LogP contribution in [0.15, 0.2) is 0 Å². The Morgan fingerprint density at radius 3 is 2.17 bits per heavy atom. The van der Waals surface area contributed by atoms with E-state index < -0.39 is 17.9 Å². The highest BCUT2D eigenvalue weighted by atomic mass is 16.5. The predicted molar refractivity (Wildman–Crippen MR) is 40.0 cm³/mol. The zero-order chi connectivity index (χ0) is 9.72. The van der Waals surface area contributed by atoms with Gasteiger partial charge in [0.25, 0.3) is 0 Å². The van der Waals surface area contributed by atoms with Crippen molar-refractivity contribution in [3.8, 4) is 0 Å². The first kappa shape index (κ1) is 10.9. The quantitative estimate of drug-likeness (QED) is 0.548. The third-order valence-electron chi connectivity index (χ3n) is 1.23. The van der Waals surface area contributed by atoms with Gasteiger partial charge in [0.2, 0.25) is 0 Å².